The number of hydrogen-bond donors (Lipinski definition) is 0. The number of benzene rings is 1. The van der Waals surface area contributed by atoms with Crippen molar-refractivity contribution in [3.05, 3.63) is 34.6 Å². The largest absolute Gasteiger partial charge is 0.458 e. The SMILES string of the molecule is CC(Cl)(Cl)C(=O)OCc1c(F)c(F)c(F)c(F)c1F. The summed E-state index contributed by atoms with van der Waals surface area (Å²) in [7, 11) is 0. The number of rotatable bonds is 3. The molecule has 0 aliphatic carbocycles. The number of hydrogen-bond acceptors (Lipinski definition) is 2. The van der Waals surface area contributed by atoms with Gasteiger partial charge in [-0.15, -0.1) is 0 Å². The number of esters is 1. The van der Waals surface area contributed by atoms with Crippen LogP contribution in [0.5, 0.6) is 0 Å². The van der Waals surface area contributed by atoms with Gasteiger partial charge in [0.2, 0.25) is 10.2 Å². The molecule has 0 radical (unpaired) electrons. The standard InChI is InChI=1S/C10H5Cl2F5O2/c1-10(11,12)9(18)19-2-3-4(13)6(15)8(17)7(16)5(3)14/h2H2,1H3. The van der Waals surface area contributed by atoms with Gasteiger partial charge < -0.3 is 4.74 Å². The van der Waals surface area contributed by atoms with Gasteiger partial charge in [-0.05, 0) is 6.92 Å². The Balaban J connectivity index is 3.07. The minimum Gasteiger partial charge on any atom is -0.458 e. The average Bonchev–Trinajstić information content (AvgIpc) is 2.32. The Morgan fingerprint density at radius 3 is 1.74 bits per heavy atom. The van der Waals surface area contributed by atoms with Crippen molar-refractivity contribution in [3.8, 4) is 0 Å². The summed E-state index contributed by atoms with van der Waals surface area (Å²) in [5, 5.41) is 0. The molecule has 0 heterocycles. The van der Waals surface area contributed by atoms with Crippen molar-refractivity contribution in [3.63, 3.8) is 0 Å². The van der Waals surface area contributed by atoms with Crippen molar-refractivity contribution in [1.29, 1.82) is 0 Å². The van der Waals surface area contributed by atoms with Gasteiger partial charge in [0.05, 0.1) is 5.56 Å². The Kier molecular flexibility index (Phi) is 4.63. The molecular formula is C10H5Cl2F5O2. The second kappa shape index (κ2) is 5.50. The third-order valence-corrected chi connectivity index (χ3v) is 2.32. The topological polar surface area (TPSA) is 26.3 Å². The fourth-order valence-electron chi connectivity index (χ4n) is 1.04. The summed E-state index contributed by atoms with van der Waals surface area (Å²) in [5.74, 6) is -12.0. The quantitative estimate of drug-likeness (QED) is 0.279. The van der Waals surface area contributed by atoms with Gasteiger partial charge in [-0.25, -0.2) is 26.7 Å². The molecule has 0 aliphatic heterocycles. The highest BCUT2D eigenvalue weighted by molar-refractivity contribution is 6.57. The number of carbonyl (C=O) groups is 1. The summed E-state index contributed by atoms with van der Waals surface area (Å²) in [6.07, 6.45) is 0. The van der Waals surface area contributed by atoms with Crippen molar-refractivity contribution in [2.75, 3.05) is 0 Å². The molecule has 0 spiro atoms. The highest BCUT2D eigenvalue weighted by atomic mass is 35.5. The van der Waals surface area contributed by atoms with Crippen molar-refractivity contribution in [2.45, 2.75) is 17.9 Å². The van der Waals surface area contributed by atoms with Crippen LogP contribution >= 0.6 is 23.2 Å². The first-order valence-electron chi connectivity index (χ1n) is 4.62. The summed E-state index contributed by atoms with van der Waals surface area (Å²) in [6, 6.07) is 0. The van der Waals surface area contributed by atoms with Crippen LogP contribution < -0.4 is 0 Å². The number of halogens is 7. The molecular weight excluding hydrogens is 318 g/mol. The molecule has 1 aromatic rings. The van der Waals surface area contributed by atoms with Gasteiger partial charge in [0.15, 0.2) is 23.3 Å². The first-order chi connectivity index (χ1) is 8.57. The molecule has 0 aliphatic rings. The van der Waals surface area contributed by atoms with Gasteiger partial charge in [-0.1, -0.05) is 23.2 Å². The van der Waals surface area contributed by atoms with E-state index in [2.05, 4.69) is 4.74 Å². The maximum Gasteiger partial charge on any atom is 0.342 e. The highest BCUT2D eigenvalue weighted by Crippen LogP contribution is 2.26. The van der Waals surface area contributed by atoms with E-state index in [0.29, 0.717) is 0 Å². The van der Waals surface area contributed by atoms with Gasteiger partial charge in [0.25, 0.3) is 0 Å². The molecule has 106 valence electrons. The second-order valence-corrected chi connectivity index (χ2v) is 5.22. The van der Waals surface area contributed by atoms with Gasteiger partial charge in [0, 0.05) is 0 Å². The summed E-state index contributed by atoms with van der Waals surface area (Å²) in [6.45, 7) is -0.184. The van der Waals surface area contributed by atoms with E-state index in [9.17, 15) is 26.7 Å². The fourth-order valence-corrected chi connectivity index (χ4v) is 1.15. The lowest BCUT2D eigenvalue weighted by molar-refractivity contribution is -0.145. The molecule has 0 bridgehead atoms. The lowest BCUT2D eigenvalue weighted by atomic mass is 10.2. The van der Waals surface area contributed by atoms with Crippen molar-refractivity contribution in [2.24, 2.45) is 0 Å². The van der Waals surface area contributed by atoms with Crippen LogP contribution in [-0.4, -0.2) is 10.3 Å². The third-order valence-electron chi connectivity index (χ3n) is 2.01. The van der Waals surface area contributed by atoms with E-state index in [4.69, 9.17) is 23.2 Å². The Morgan fingerprint density at radius 2 is 1.37 bits per heavy atom. The zero-order valence-corrected chi connectivity index (χ0v) is 10.7. The first-order valence-corrected chi connectivity index (χ1v) is 5.38. The van der Waals surface area contributed by atoms with Crippen molar-refractivity contribution < 1.29 is 31.5 Å². The van der Waals surface area contributed by atoms with Gasteiger partial charge >= 0.3 is 5.97 Å². The summed E-state index contributed by atoms with van der Waals surface area (Å²) in [4.78, 5) is 11.1. The van der Waals surface area contributed by atoms with Crippen LogP contribution in [0.2, 0.25) is 0 Å². The smallest absolute Gasteiger partial charge is 0.342 e. The van der Waals surface area contributed by atoms with Crippen molar-refractivity contribution >= 4 is 29.2 Å². The van der Waals surface area contributed by atoms with E-state index < -0.39 is 51.6 Å². The van der Waals surface area contributed by atoms with E-state index in [-0.39, 0.29) is 0 Å². The Hall–Kier alpha value is -1.08. The zero-order chi connectivity index (χ0) is 15.0. The summed E-state index contributed by atoms with van der Waals surface area (Å²) in [5.41, 5.74) is -1.29. The Bertz CT molecular complexity index is 499. The monoisotopic (exact) mass is 322 g/mol. The van der Waals surface area contributed by atoms with Crippen LogP contribution in [0.4, 0.5) is 22.0 Å². The first kappa shape index (κ1) is 16.0. The molecule has 9 heteroatoms. The van der Waals surface area contributed by atoms with Gasteiger partial charge in [-0.2, -0.15) is 0 Å². The average molecular weight is 323 g/mol. The normalized spacial score (nSPS) is 11.6. The van der Waals surface area contributed by atoms with E-state index in [1.807, 2.05) is 0 Å². The van der Waals surface area contributed by atoms with Gasteiger partial charge in [-0.3, -0.25) is 0 Å². The number of carbonyl (C=O) groups excluding carboxylic acids is 1. The predicted octanol–water partition coefficient (Wildman–Crippen LogP) is 3.62. The summed E-state index contributed by atoms with van der Waals surface area (Å²) >= 11 is 10.6. The van der Waals surface area contributed by atoms with Crippen LogP contribution in [0.15, 0.2) is 0 Å². The zero-order valence-electron chi connectivity index (χ0n) is 9.17. The minimum absolute atomic E-state index is 1.01. The lowest BCUT2D eigenvalue weighted by Gasteiger charge is -2.13. The van der Waals surface area contributed by atoms with Crippen LogP contribution in [0.1, 0.15) is 12.5 Å². The Labute approximate surface area is 114 Å². The maximum atomic E-state index is 13.2. The van der Waals surface area contributed by atoms with E-state index >= 15 is 0 Å². The molecule has 0 saturated heterocycles. The molecule has 0 N–H and O–H groups in total. The molecule has 2 nitrogen and oxygen atoms in total. The molecule has 0 unspecified atom stereocenters. The van der Waals surface area contributed by atoms with E-state index in [0.717, 1.165) is 6.92 Å². The van der Waals surface area contributed by atoms with Crippen LogP contribution in [-0.2, 0) is 16.1 Å². The third kappa shape index (κ3) is 3.27. The molecule has 19 heavy (non-hydrogen) atoms. The molecule has 1 rings (SSSR count). The second-order valence-electron chi connectivity index (χ2n) is 3.51. The fraction of sp³-hybridized carbons (Fsp3) is 0.300. The maximum absolute atomic E-state index is 13.2. The minimum atomic E-state index is -2.30. The predicted molar refractivity (Wildman–Crippen MR) is 56.1 cm³/mol. The molecule has 1 aromatic carbocycles. The van der Waals surface area contributed by atoms with Crippen molar-refractivity contribution in [1.82, 2.24) is 0 Å². The molecule has 0 aromatic heterocycles. The number of ether oxygens (including phenoxy) is 1. The Morgan fingerprint density at radius 1 is 1.00 bits per heavy atom. The lowest BCUT2D eigenvalue weighted by Crippen LogP contribution is -2.25. The molecule has 0 fully saturated rings. The van der Waals surface area contributed by atoms with E-state index in [1.54, 1.807) is 0 Å². The van der Waals surface area contributed by atoms with Crippen LogP contribution in [0, 0.1) is 29.1 Å². The van der Waals surface area contributed by atoms with Gasteiger partial charge in [0.1, 0.15) is 6.61 Å². The molecule has 0 amide bonds. The summed E-state index contributed by atoms with van der Waals surface area (Å²) < 4.78 is 66.9. The molecule has 0 saturated carbocycles. The van der Waals surface area contributed by atoms with E-state index in [1.165, 1.54) is 0 Å². The van der Waals surface area contributed by atoms with Crippen LogP contribution in [0.25, 0.3) is 0 Å². The van der Waals surface area contributed by atoms with Crippen LogP contribution in [0.3, 0.4) is 0 Å². The molecule has 0 atom stereocenters. The highest BCUT2D eigenvalue weighted by Gasteiger charge is 2.31. The number of alkyl halides is 2.